The minimum absolute atomic E-state index is 0.0103. The highest BCUT2D eigenvalue weighted by molar-refractivity contribution is 5.91. The van der Waals surface area contributed by atoms with Crippen molar-refractivity contribution < 1.29 is 32.2 Å². The van der Waals surface area contributed by atoms with E-state index in [0.29, 0.717) is 34.7 Å². The number of nitrogens with one attached hydrogen (secondary N) is 1. The van der Waals surface area contributed by atoms with Crippen LogP contribution in [0.4, 0.5) is 23.8 Å². The van der Waals surface area contributed by atoms with Gasteiger partial charge in [-0.15, -0.1) is 0 Å². The molecule has 3 rings (SSSR count). The normalized spacial score (nSPS) is 12.0. The Morgan fingerprint density at radius 2 is 1.82 bits per heavy atom. The number of esters is 1. The third kappa shape index (κ3) is 6.81. The number of methoxy groups -OCH3 is 1. The summed E-state index contributed by atoms with van der Waals surface area (Å²) >= 11 is 0. The molecule has 7 nitrogen and oxygen atoms in total. The van der Waals surface area contributed by atoms with Crippen molar-refractivity contribution in [3.8, 4) is 16.9 Å². The first kappa shape index (κ1) is 28.5. The molecule has 3 aromatic rings. The van der Waals surface area contributed by atoms with E-state index in [4.69, 9.17) is 9.47 Å². The number of carbonyl (C=O) groups is 2. The van der Waals surface area contributed by atoms with Gasteiger partial charge in [0, 0.05) is 18.8 Å². The average Bonchev–Trinajstić information content (AvgIpc) is 2.91. The molecule has 0 spiro atoms. The van der Waals surface area contributed by atoms with Gasteiger partial charge in [0.2, 0.25) is 0 Å². The number of rotatable bonds is 9. The Balaban J connectivity index is 2.09. The molecule has 0 aliphatic rings. The van der Waals surface area contributed by atoms with E-state index in [1.807, 2.05) is 0 Å². The second-order valence-corrected chi connectivity index (χ2v) is 8.47. The van der Waals surface area contributed by atoms with Gasteiger partial charge in [-0.2, -0.15) is 13.2 Å². The number of hydrogen-bond acceptors (Lipinski definition) is 5. The molecule has 202 valence electrons. The summed E-state index contributed by atoms with van der Waals surface area (Å²) in [5, 5.41) is 2.84. The fraction of sp³-hybridized carbons (Fsp3) is 0.321. The smallest absolute Gasteiger partial charge is 0.416 e. The van der Waals surface area contributed by atoms with Crippen molar-refractivity contribution in [1.82, 2.24) is 10.3 Å². The van der Waals surface area contributed by atoms with Gasteiger partial charge in [-0.25, -0.2) is 9.78 Å². The second kappa shape index (κ2) is 12.4. The number of nitrogens with zero attached hydrogens (tertiary/aromatic N) is 2. The molecule has 10 heteroatoms. The third-order valence-electron chi connectivity index (χ3n) is 5.97. The van der Waals surface area contributed by atoms with Crippen LogP contribution < -0.4 is 15.0 Å². The summed E-state index contributed by atoms with van der Waals surface area (Å²) in [6, 6.07) is 12.2. The number of amides is 2. The Morgan fingerprint density at radius 1 is 1.05 bits per heavy atom. The first-order chi connectivity index (χ1) is 18.1. The molecule has 1 unspecified atom stereocenters. The van der Waals surface area contributed by atoms with Gasteiger partial charge in [0.1, 0.15) is 11.6 Å². The number of alkyl halides is 3. The molecule has 0 radical (unpaired) electrons. The molecule has 0 saturated heterocycles. The SMILES string of the molecule is CCOC(=O)Cc1ccc(OC)c(-c2ccc(C(F)(F)F)cc2C(CC)NC(=O)N(C)c2ccccn2)c1. The lowest BCUT2D eigenvalue weighted by atomic mass is 9.90. The Morgan fingerprint density at radius 3 is 2.42 bits per heavy atom. The summed E-state index contributed by atoms with van der Waals surface area (Å²) < 4.78 is 51.7. The molecule has 1 aromatic heterocycles. The van der Waals surface area contributed by atoms with E-state index in [9.17, 15) is 22.8 Å². The molecule has 1 N–H and O–H groups in total. The van der Waals surface area contributed by atoms with Crippen LogP contribution in [-0.4, -0.2) is 37.7 Å². The van der Waals surface area contributed by atoms with Crippen molar-refractivity contribution in [2.24, 2.45) is 0 Å². The molecule has 1 heterocycles. The van der Waals surface area contributed by atoms with Crippen LogP contribution in [0.15, 0.2) is 60.8 Å². The largest absolute Gasteiger partial charge is 0.496 e. The first-order valence-corrected chi connectivity index (χ1v) is 12.1. The van der Waals surface area contributed by atoms with Crippen molar-refractivity contribution in [1.29, 1.82) is 0 Å². The van der Waals surface area contributed by atoms with Crippen LogP contribution in [0.3, 0.4) is 0 Å². The lowest BCUT2D eigenvalue weighted by molar-refractivity contribution is -0.142. The van der Waals surface area contributed by atoms with Crippen molar-refractivity contribution in [3.63, 3.8) is 0 Å². The maximum atomic E-state index is 13.7. The molecule has 0 fully saturated rings. The fourth-order valence-electron chi connectivity index (χ4n) is 4.03. The van der Waals surface area contributed by atoms with Crippen LogP contribution in [0.25, 0.3) is 11.1 Å². The number of halogens is 3. The second-order valence-electron chi connectivity index (χ2n) is 8.47. The van der Waals surface area contributed by atoms with E-state index in [2.05, 4.69) is 10.3 Å². The van der Waals surface area contributed by atoms with E-state index in [-0.39, 0.29) is 18.6 Å². The standard InChI is InChI=1S/C28H30F3N3O4/c1-5-23(33-27(36)34(3)25-9-7-8-14-32-25)21-17-19(28(29,30)31)11-12-20(21)22-15-18(10-13-24(22)37-4)16-26(35)38-6-2/h7-15,17,23H,5-6,16H2,1-4H3,(H,33,36). The molecule has 2 amide bonds. The van der Waals surface area contributed by atoms with Crippen LogP contribution in [-0.2, 0) is 22.1 Å². The zero-order valence-electron chi connectivity index (χ0n) is 21.6. The number of anilines is 1. The highest BCUT2D eigenvalue weighted by Crippen LogP contribution is 2.40. The van der Waals surface area contributed by atoms with Gasteiger partial charge in [0.05, 0.1) is 31.7 Å². The summed E-state index contributed by atoms with van der Waals surface area (Å²) in [4.78, 5) is 30.5. The highest BCUT2D eigenvalue weighted by Gasteiger charge is 2.32. The Kier molecular flexibility index (Phi) is 9.33. The van der Waals surface area contributed by atoms with Crippen molar-refractivity contribution in [3.05, 3.63) is 77.5 Å². The topological polar surface area (TPSA) is 80.8 Å². The van der Waals surface area contributed by atoms with Gasteiger partial charge >= 0.3 is 18.2 Å². The zero-order chi connectivity index (χ0) is 27.9. The number of pyridine rings is 1. The summed E-state index contributed by atoms with van der Waals surface area (Å²) in [5.41, 5.74) is 0.953. The molecule has 38 heavy (non-hydrogen) atoms. The number of hydrogen-bond donors (Lipinski definition) is 1. The molecule has 2 aromatic carbocycles. The molecule has 0 bridgehead atoms. The van der Waals surface area contributed by atoms with E-state index in [0.717, 1.165) is 12.1 Å². The number of ether oxygens (including phenoxy) is 2. The van der Waals surface area contributed by atoms with Gasteiger partial charge in [-0.3, -0.25) is 9.69 Å². The van der Waals surface area contributed by atoms with Gasteiger partial charge in [-0.1, -0.05) is 25.1 Å². The van der Waals surface area contributed by atoms with Crippen LogP contribution in [0.2, 0.25) is 0 Å². The molecule has 0 aliphatic carbocycles. The van der Waals surface area contributed by atoms with Crippen molar-refractivity contribution in [2.75, 3.05) is 25.7 Å². The number of benzene rings is 2. The van der Waals surface area contributed by atoms with E-state index < -0.39 is 29.8 Å². The Hall–Kier alpha value is -4.08. The van der Waals surface area contributed by atoms with Crippen molar-refractivity contribution >= 4 is 17.8 Å². The number of aromatic nitrogens is 1. The maximum absolute atomic E-state index is 13.7. The van der Waals surface area contributed by atoms with Gasteiger partial charge in [-0.05, 0) is 66.4 Å². The molecule has 0 saturated carbocycles. The van der Waals surface area contributed by atoms with Gasteiger partial charge in [0.15, 0.2) is 0 Å². The van der Waals surface area contributed by atoms with Crippen LogP contribution in [0.5, 0.6) is 5.75 Å². The minimum Gasteiger partial charge on any atom is -0.496 e. The maximum Gasteiger partial charge on any atom is 0.416 e. The summed E-state index contributed by atoms with van der Waals surface area (Å²) in [5.74, 6) is 0.371. The average molecular weight is 530 g/mol. The summed E-state index contributed by atoms with van der Waals surface area (Å²) in [6.07, 6.45) is -2.75. The predicted octanol–water partition coefficient (Wildman–Crippen LogP) is 6.18. The van der Waals surface area contributed by atoms with E-state index in [1.54, 1.807) is 50.2 Å². The van der Waals surface area contributed by atoms with Crippen LogP contribution >= 0.6 is 0 Å². The van der Waals surface area contributed by atoms with Gasteiger partial charge < -0.3 is 14.8 Å². The lowest BCUT2D eigenvalue weighted by Gasteiger charge is -2.26. The van der Waals surface area contributed by atoms with Crippen LogP contribution in [0, 0.1) is 0 Å². The summed E-state index contributed by atoms with van der Waals surface area (Å²) in [6.45, 7) is 3.70. The first-order valence-electron chi connectivity index (χ1n) is 12.1. The predicted molar refractivity (Wildman–Crippen MR) is 138 cm³/mol. The lowest BCUT2D eigenvalue weighted by Crippen LogP contribution is -2.40. The molecular formula is C28H30F3N3O4. The van der Waals surface area contributed by atoms with Crippen molar-refractivity contribution in [2.45, 2.75) is 38.9 Å². The highest BCUT2D eigenvalue weighted by atomic mass is 19.4. The number of carbonyl (C=O) groups excluding carboxylic acids is 2. The Labute approximate surface area is 219 Å². The quantitative estimate of drug-likeness (QED) is 0.335. The van der Waals surface area contributed by atoms with E-state index in [1.165, 1.54) is 31.3 Å². The molecule has 1 atom stereocenters. The monoisotopic (exact) mass is 529 g/mol. The van der Waals surface area contributed by atoms with Crippen LogP contribution in [0.1, 0.15) is 43.0 Å². The Bertz CT molecular complexity index is 1270. The third-order valence-corrected chi connectivity index (χ3v) is 5.97. The number of urea groups is 1. The van der Waals surface area contributed by atoms with E-state index >= 15 is 0 Å². The summed E-state index contributed by atoms with van der Waals surface area (Å²) in [7, 11) is 2.98. The minimum atomic E-state index is -4.59. The molecular weight excluding hydrogens is 499 g/mol. The molecule has 0 aliphatic heterocycles. The zero-order valence-corrected chi connectivity index (χ0v) is 21.6. The fourth-order valence-corrected chi connectivity index (χ4v) is 4.03. The van der Waals surface area contributed by atoms with Gasteiger partial charge in [0.25, 0.3) is 0 Å².